The highest BCUT2D eigenvalue weighted by Crippen LogP contribution is 2.26. The van der Waals surface area contributed by atoms with Crippen molar-refractivity contribution < 1.29 is 4.42 Å². The maximum atomic E-state index is 5.91. The number of nitrogens with zero attached hydrogens (tertiary/aromatic N) is 1. The SMILES string of the molecule is CCNCc1cc(CN2CCC(C(C)C)CC2)oc1C. The average molecular weight is 278 g/mol. The molecule has 1 aromatic heterocycles. The van der Waals surface area contributed by atoms with Gasteiger partial charge in [0.1, 0.15) is 11.5 Å². The van der Waals surface area contributed by atoms with E-state index >= 15 is 0 Å². The van der Waals surface area contributed by atoms with Gasteiger partial charge in [-0.1, -0.05) is 20.8 Å². The molecule has 114 valence electrons. The topological polar surface area (TPSA) is 28.4 Å². The molecule has 0 atom stereocenters. The summed E-state index contributed by atoms with van der Waals surface area (Å²) in [5.74, 6) is 3.93. The number of furan rings is 1. The lowest BCUT2D eigenvalue weighted by atomic mass is 9.87. The molecule has 1 fully saturated rings. The first-order valence-electron chi connectivity index (χ1n) is 8.11. The number of nitrogens with one attached hydrogen (secondary N) is 1. The fraction of sp³-hybridized carbons (Fsp3) is 0.765. The smallest absolute Gasteiger partial charge is 0.118 e. The molecule has 0 aliphatic carbocycles. The predicted octanol–water partition coefficient (Wildman–Crippen LogP) is 3.57. The van der Waals surface area contributed by atoms with Gasteiger partial charge in [-0.05, 0) is 57.3 Å². The molecule has 2 heterocycles. The molecular formula is C17H30N2O. The van der Waals surface area contributed by atoms with E-state index in [1.807, 2.05) is 0 Å². The Bertz CT molecular complexity index is 403. The quantitative estimate of drug-likeness (QED) is 0.862. The Morgan fingerprint density at radius 3 is 2.65 bits per heavy atom. The molecule has 1 aliphatic heterocycles. The second-order valence-corrected chi connectivity index (χ2v) is 6.43. The Morgan fingerprint density at radius 1 is 1.35 bits per heavy atom. The largest absolute Gasteiger partial charge is 0.465 e. The summed E-state index contributed by atoms with van der Waals surface area (Å²) < 4.78 is 5.91. The van der Waals surface area contributed by atoms with Crippen molar-refractivity contribution in [3.63, 3.8) is 0 Å². The highest BCUT2D eigenvalue weighted by molar-refractivity contribution is 5.20. The molecule has 0 amide bonds. The molecule has 3 nitrogen and oxygen atoms in total. The minimum Gasteiger partial charge on any atom is -0.465 e. The number of aryl methyl sites for hydroxylation is 1. The van der Waals surface area contributed by atoms with Gasteiger partial charge in [0.05, 0.1) is 6.54 Å². The molecule has 0 aromatic carbocycles. The van der Waals surface area contributed by atoms with Crippen LogP contribution in [-0.2, 0) is 13.1 Å². The first-order valence-corrected chi connectivity index (χ1v) is 8.11. The van der Waals surface area contributed by atoms with Crippen LogP contribution in [0.1, 0.15) is 50.7 Å². The number of likely N-dealkylation sites (tertiary alicyclic amines) is 1. The van der Waals surface area contributed by atoms with Gasteiger partial charge in [0.2, 0.25) is 0 Å². The van der Waals surface area contributed by atoms with E-state index in [-0.39, 0.29) is 0 Å². The Kier molecular flexibility index (Phi) is 5.67. The van der Waals surface area contributed by atoms with Crippen LogP contribution in [0.3, 0.4) is 0 Å². The Labute approximate surface area is 123 Å². The van der Waals surface area contributed by atoms with Gasteiger partial charge in [0.25, 0.3) is 0 Å². The summed E-state index contributed by atoms with van der Waals surface area (Å²) in [7, 11) is 0. The summed E-state index contributed by atoms with van der Waals surface area (Å²) in [6.07, 6.45) is 2.67. The van der Waals surface area contributed by atoms with Crippen LogP contribution in [0.5, 0.6) is 0 Å². The zero-order valence-electron chi connectivity index (χ0n) is 13.5. The van der Waals surface area contributed by atoms with Gasteiger partial charge in [-0.25, -0.2) is 0 Å². The van der Waals surface area contributed by atoms with E-state index in [1.165, 1.54) is 31.5 Å². The summed E-state index contributed by atoms with van der Waals surface area (Å²) in [4.78, 5) is 2.54. The van der Waals surface area contributed by atoms with Gasteiger partial charge in [0.15, 0.2) is 0 Å². The van der Waals surface area contributed by atoms with Gasteiger partial charge in [-0.3, -0.25) is 4.90 Å². The Hall–Kier alpha value is -0.800. The monoisotopic (exact) mass is 278 g/mol. The van der Waals surface area contributed by atoms with E-state index in [4.69, 9.17) is 4.42 Å². The second-order valence-electron chi connectivity index (χ2n) is 6.43. The van der Waals surface area contributed by atoms with Crippen LogP contribution >= 0.6 is 0 Å². The highest BCUT2D eigenvalue weighted by Gasteiger charge is 2.22. The lowest BCUT2D eigenvalue weighted by molar-refractivity contribution is 0.143. The number of rotatable bonds is 6. The maximum Gasteiger partial charge on any atom is 0.118 e. The van der Waals surface area contributed by atoms with E-state index in [2.05, 4.69) is 44.0 Å². The van der Waals surface area contributed by atoms with Crippen LogP contribution in [-0.4, -0.2) is 24.5 Å². The molecule has 20 heavy (non-hydrogen) atoms. The predicted molar refractivity (Wildman–Crippen MR) is 83.7 cm³/mol. The van der Waals surface area contributed by atoms with Crippen molar-refractivity contribution in [2.75, 3.05) is 19.6 Å². The minimum absolute atomic E-state index is 0.828. The number of hydrogen-bond acceptors (Lipinski definition) is 3. The Morgan fingerprint density at radius 2 is 2.05 bits per heavy atom. The first-order chi connectivity index (χ1) is 9.60. The minimum atomic E-state index is 0.828. The number of piperidine rings is 1. The van der Waals surface area contributed by atoms with Crippen molar-refractivity contribution in [1.29, 1.82) is 0 Å². The van der Waals surface area contributed by atoms with E-state index < -0.39 is 0 Å². The van der Waals surface area contributed by atoms with Crippen molar-refractivity contribution in [2.45, 2.75) is 53.6 Å². The molecule has 1 saturated heterocycles. The molecule has 1 N–H and O–H groups in total. The van der Waals surface area contributed by atoms with Crippen molar-refractivity contribution in [3.8, 4) is 0 Å². The fourth-order valence-corrected chi connectivity index (χ4v) is 3.10. The van der Waals surface area contributed by atoms with E-state index in [9.17, 15) is 0 Å². The lowest BCUT2D eigenvalue weighted by Gasteiger charge is -2.33. The highest BCUT2D eigenvalue weighted by atomic mass is 16.3. The van der Waals surface area contributed by atoms with Gasteiger partial charge in [-0.2, -0.15) is 0 Å². The molecule has 0 radical (unpaired) electrons. The van der Waals surface area contributed by atoms with Crippen LogP contribution < -0.4 is 5.32 Å². The van der Waals surface area contributed by atoms with Gasteiger partial charge in [0, 0.05) is 12.1 Å². The van der Waals surface area contributed by atoms with Crippen molar-refractivity contribution in [2.24, 2.45) is 11.8 Å². The first kappa shape index (κ1) is 15.6. The van der Waals surface area contributed by atoms with Crippen LogP contribution in [0.25, 0.3) is 0 Å². The molecule has 0 bridgehead atoms. The molecule has 0 spiro atoms. The normalized spacial score (nSPS) is 18.1. The van der Waals surface area contributed by atoms with Crippen LogP contribution in [0.4, 0.5) is 0 Å². The third-order valence-electron chi connectivity index (χ3n) is 4.59. The van der Waals surface area contributed by atoms with E-state index in [0.29, 0.717) is 0 Å². The molecular weight excluding hydrogens is 248 g/mol. The number of hydrogen-bond donors (Lipinski definition) is 1. The molecule has 2 rings (SSSR count). The van der Waals surface area contributed by atoms with Gasteiger partial charge in [-0.15, -0.1) is 0 Å². The molecule has 1 aliphatic rings. The van der Waals surface area contributed by atoms with Crippen molar-refractivity contribution >= 4 is 0 Å². The molecule has 1 aromatic rings. The van der Waals surface area contributed by atoms with Gasteiger partial charge < -0.3 is 9.73 Å². The second kappa shape index (κ2) is 7.28. The van der Waals surface area contributed by atoms with Crippen molar-refractivity contribution in [1.82, 2.24) is 10.2 Å². The summed E-state index contributed by atoms with van der Waals surface area (Å²) in [6, 6.07) is 2.23. The molecule has 0 unspecified atom stereocenters. The van der Waals surface area contributed by atoms with E-state index in [0.717, 1.165) is 43.0 Å². The summed E-state index contributed by atoms with van der Waals surface area (Å²) in [5.41, 5.74) is 1.30. The fourth-order valence-electron chi connectivity index (χ4n) is 3.10. The van der Waals surface area contributed by atoms with E-state index in [1.54, 1.807) is 0 Å². The molecule has 0 saturated carbocycles. The van der Waals surface area contributed by atoms with Crippen LogP contribution in [0.15, 0.2) is 10.5 Å². The van der Waals surface area contributed by atoms with Crippen molar-refractivity contribution in [3.05, 3.63) is 23.2 Å². The molecule has 3 heteroatoms. The average Bonchev–Trinajstić information content (AvgIpc) is 2.77. The summed E-state index contributed by atoms with van der Waals surface area (Å²) in [5, 5.41) is 3.37. The lowest BCUT2D eigenvalue weighted by Crippen LogP contribution is -2.34. The van der Waals surface area contributed by atoms with Crippen LogP contribution in [0, 0.1) is 18.8 Å². The van der Waals surface area contributed by atoms with Crippen LogP contribution in [0.2, 0.25) is 0 Å². The maximum absolute atomic E-state index is 5.91. The summed E-state index contributed by atoms with van der Waals surface area (Å²) in [6.45, 7) is 14.2. The zero-order valence-corrected chi connectivity index (χ0v) is 13.5. The Balaban J connectivity index is 1.85. The standard InChI is InChI=1S/C17H30N2O/c1-5-18-11-16-10-17(20-14(16)4)12-19-8-6-15(7-9-19)13(2)3/h10,13,15,18H,5-9,11-12H2,1-4H3. The zero-order chi connectivity index (χ0) is 14.5. The third-order valence-corrected chi connectivity index (χ3v) is 4.59. The third kappa shape index (κ3) is 4.10. The summed E-state index contributed by atoms with van der Waals surface area (Å²) >= 11 is 0. The van der Waals surface area contributed by atoms with Gasteiger partial charge >= 0.3 is 0 Å².